The molecule has 2 bridgehead atoms. The summed E-state index contributed by atoms with van der Waals surface area (Å²) in [5, 5.41) is 4.42. The molecule has 1 amide bonds. The van der Waals surface area contributed by atoms with Crippen molar-refractivity contribution < 1.29 is 9.53 Å². The summed E-state index contributed by atoms with van der Waals surface area (Å²) >= 11 is 1.57. The van der Waals surface area contributed by atoms with Gasteiger partial charge in [0.15, 0.2) is 0 Å². The van der Waals surface area contributed by atoms with Crippen LogP contribution in [0.15, 0.2) is 48.5 Å². The van der Waals surface area contributed by atoms with Gasteiger partial charge in [0.1, 0.15) is 5.75 Å². The average molecular weight is 393 g/mol. The number of methoxy groups -OCH3 is 1. The molecule has 6 rings (SSSR count). The minimum absolute atomic E-state index is 0.0610. The maximum Gasteiger partial charge on any atom is 0.261 e. The Kier molecular flexibility index (Phi) is 4.57. The second-order valence-corrected chi connectivity index (χ2v) is 8.81. The molecule has 0 saturated carbocycles. The van der Waals surface area contributed by atoms with Crippen molar-refractivity contribution in [2.45, 2.75) is 18.9 Å². The number of nitrogens with zero attached hydrogens (tertiary/aromatic N) is 1. The number of amides is 1. The van der Waals surface area contributed by atoms with E-state index >= 15 is 0 Å². The van der Waals surface area contributed by atoms with Crippen LogP contribution in [0.4, 0.5) is 0 Å². The Labute approximate surface area is 169 Å². The summed E-state index contributed by atoms with van der Waals surface area (Å²) in [6.45, 7) is 3.36. The maximum atomic E-state index is 13.0. The Bertz CT molecular complexity index is 1020. The number of nitrogens with one attached hydrogen (secondary N) is 1. The average Bonchev–Trinajstić information content (AvgIpc) is 3.19. The van der Waals surface area contributed by atoms with E-state index in [4.69, 9.17) is 4.74 Å². The standard InChI is InChI=1S/C23H24N2O2S/c1-27-20-8-3-2-6-17(20)18-7-4-5-16-13-21(28-22(16)18)23(26)24-19-14-25-11-9-15(19)10-12-25/h2-8,13,15,19H,9-12,14H2,1H3,(H,24,26). The van der Waals surface area contributed by atoms with Crippen molar-refractivity contribution >= 4 is 27.3 Å². The molecule has 1 atom stereocenters. The Morgan fingerprint density at radius 3 is 2.64 bits per heavy atom. The van der Waals surface area contributed by atoms with E-state index in [1.807, 2.05) is 30.3 Å². The molecule has 0 radical (unpaired) electrons. The van der Waals surface area contributed by atoms with Gasteiger partial charge in [-0.15, -0.1) is 11.3 Å². The number of hydrogen-bond donors (Lipinski definition) is 1. The lowest BCUT2D eigenvalue weighted by Crippen LogP contribution is -2.57. The molecule has 28 heavy (non-hydrogen) atoms. The normalized spacial score (nSPS) is 23.7. The third-order valence-electron chi connectivity index (χ3n) is 6.14. The molecule has 3 aliphatic rings. The summed E-state index contributed by atoms with van der Waals surface area (Å²) < 4.78 is 6.68. The fraction of sp³-hybridized carbons (Fsp3) is 0.348. The predicted molar refractivity (Wildman–Crippen MR) is 114 cm³/mol. The summed E-state index contributed by atoms with van der Waals surface area (Å²) in [7, 11) is 1.69. The van der Waals surface area contributed by atoms with Crippen molar-refractivity contribution in [3.8, 4) is 16.9 Å². The third-order valence-corrected chi connectivity index (χ3v) is 7.32. The van der Waals surface area contributed by atoms with E-state index in [9.17, 15) is 4.79 Å². The largest absolute Gasteiger partial charge is 0.496 e. The molecular formula is C23H24N2O2S. The fourth-order valence-electron chi connectivity index (χ4n) is 4.62. The monoisotopic (exact) mass is 392 g/mol. The minimum Gasteiger partial charge on any atom is -0.496 e. The third kappa shape index (κ3) is 3.09. The molecule has 5 heteroatoms. The van der Waals surface area contributed by atoms with Crippen molar-refractivity contribution in [2.24, 2.45) is 5.92 Å². The van der Waals surface area contributed by atoms with Crippen LogP contribution in [0, 0.1) is 5.92 Å². The Morgan fingerprint density at radius 1 is 1.11 bits per heavy atom. The predicted octanol–water partition coefficient (Wildman–Crippen LogP) is 4.40. The van der Waals surface area contributed by atoms with Crippen LogP contribution >= 0.6 is 11.3 Å². The first-order valence-corrected chi connectivity index (χ1v) is 10.7. The maximum absolute atomic E-state index is 13.0. The van der Waals surface area contributed by atoms with Crippen molar-refractivity contribution in [1.29, 1.82) is 0 Å². The highest BCUT2D eigenvalue weighted by Gasteiger charge is 2.35. The van der Waals surface area contributed by atoms with E-state index in [0.29, 0.717) is 5.92 Å². The van der Waals surface area contributed by atoms with Gasteiger partial charge < -0.3 is 15.0 Å². The summed E-state index contributed by atoms with van der Waals surface area (Å²) in [6.07, 6.45) is 2.41. The number of piperidine rings is 3. The first-order valence-electron chi connectivity index (χ1n) is 9.92. The zero-order chi connectivity index (χ0) is 19.1. The second-order valence-electron chi connectivity index (χ2n) is 7.75. The molecule has 4 heterocycles. The molecule has 144 valence electrons. The number of benzene rings is 2. The Hall–Kier alpha value is -2.37. The van der Waals surface area contributed by atoms with Crippen LogP contribution in [0.25, 0.3) is 21.2 Å². The highest BCUT2D eigenvalue weighted by molar-refractivity contribution is 7.21. The molecule has 1 unspecified atom stereocenters. The minimum atomic E-state index is 0.0610. The van der Waals surface area contributed by atoms with Crippen LogP contribution < -0.4 is 10.1 Å². The Balaban J connectivity index is 1.46. The number of thiophene rings is 1. The number of fused-ring (bicyclic) bond motifs is 4. The second kappa shape index (κ2) is 7.22. The van der Waals surface area contributed by atoms with Crippen LogP contribution in [-0.2, 0) is 0 Å². The molecule has 2 aromatic carbocycles. The van der Waals surface area contributed by atoms with E-state index in [1.165, 1.54) is 25.9 Å². The molecule has 0 spiro atoms. The topological polar surface area (TPSA) is 41.6 Å². The summed E-state index contributed by atoms with van der Waals surface area (Å²) in [4.78, 5) is 16.2. The smallest absolute Gasteiger partial charge is 0.261 e. The van der Waals surface area contributed by atoms with Crippen LogP contribution in [0.3, 0.4) is 0 Å². The highest BCUT2D eigenvalue weighted by atomic mass is 32.1. The van der Waals surface area contributed by atoms with Crippen LogP contribution in [-0.4, -0.2) is 43.6 Å². The van der Waals surface area contributed by atoms with Gasteiger partial charge in [-0.05, 0) is 49.4 Å². The molecule has 4 nitrogen and oxygen atoms in total. The SMILES string of the molecule is COc1ccccc1-c1cccc2cc(C(=O)NC3CN4CCC3CC4)sc12. The van der Waals surface area contributed by atoms with E-state index in [0.717, 1.165) is 38.4 Å². The van der Waals surface area contributed by atoms with Gasteiger partial charge in [0.2, 0.25) is 0 Å². The van der Waals surface area contributed by atoms with Crippen LogP contribution in [0.2, 0.25) is 0 Å². The van der Waals surface area contributed by atoms with Gasteiger partial charge in [0.25, 0.3) is 5.91 Å². The Morgan fingerprint density at radius 2 is 1.89 bits per heavy atom. The summed E-state index contributed by atoms with van der Waals surface area (Å²) in [5.74, 6) is 1.54. The van der Waals surface area contributed by atoms with Gasteiger partial charge in [-0.25, -0.2) is 0 Å². The van der Waals surface area contributed by atoms with Gasteiger partial charge in [0.05, 0.1) is 12.0 Å². The van der Waals surface area contributed by atoms with Crippen LogP contribution in [0.5, 0.6) is 5.75 Å². The number of rotatable bonds is 4. The lowest BCUT2D eigenvalue weighted by Gasteiger charge is -2.44. The van der Waals surface area contributed by atoms with Gasteiger partial charge in [0, 0.05) is 28.4 Å². The number of para-hydroxylation sites is 1. The van der Waals surface area contributed by atoms with E-state index in [2.05, 4.69) is 28.4 Å². The zero-order valence-electron chi connectivity index (χ0n) is 16.0. The highest BCUT2D eigenvalue weighted by Crippen LogP contribution is 2.39. The van der Waals surface area contributed by atoms with Gasteiger partial charge in [-0.1, -0.05) is 36.4 Å². The molecular weight excluding hydrogens is 368 g/mol. The van der Waals surface area contributed by atoms with Gasteiger partial charge in [-0.2, -0.15) is 0 Å². The quantitative estimate of drug-likeness (QED) is 0.715. The molecule has 0 aliphatic carbocycles. The van der Waals surface area contributed by atoms with E-state index in [1.54, 1.807) is 18.4 Å². The first-order chi connectivity index (χ1) is 13.7. The first kappa shape index (κ1) is 17.7. The number of hydrogen-bond acceptors (Lipinski definition) is 4. The zero-order valence-corrected chi connectivity index (χ0v) is 16.8. The van der Waals surface area contributed by atoms with Crippen molar-refractivity contribution in [3.63, 3.8) is 0 Å². The number of carbonyl (C=O) groups excluding carboxylic acids is 1. The number of ether oxygens (including phenoxy) is 1. The van der Waals surface area contributed by atoms with Crippen molar-refractivity contribution in [1.82, 2.24) is 10.2 Å². The molecule has 3 aliphatic heterocycles. The molecule has 1 aromatic heterocycles. The lowest BCUT2D eigenvalue weighted by atomic mass is 9.84. The molecule has 3 saturated heterocycles. The lowest BCUT2D eigenvalue weighted by molar-refractivity contribution is 0.0622. The molecule has 1 N–H and O–H groups in total. The van der Waals surface area contributed by atoms with Gasteiger partial charge >= 0.3 is 0 Å². The van der Waals surface area contributed by atoms with E-state index < -0.39 is 0 Å². The van der Waals surface area contributed by atoms with Crippen LogP contribution in [0.1, 0.15) is 22.5 Å². The summed E-state index contributed by atoms with van der Waals surface area (Å²) in [6, 6.07) is 16.6. The van der Waals surface area contributed by atoms with E-state index in [-0.39, 0.29) is 11.9 Å². The fourth-order valence-corrected chi connectivity index (χ4v) is 5.71. The van der Waals surface area contributed by atoms with Crippen molar-refractivity contribution in [2.75, 3.05) is 26.7 Å². The van der Waals surface area contributed by atoms with Crippen molar-refractivity contribution in [3.05, 3.63) is 53.4 Å². The number of carbonyl (C=O) groups is 1. The molecule has 3 fully saturated rings. The van der Waals surface area contributed by atoms with Gasteiger partial charge in [-0.3, -0.25) is 4.79 Å². The summed E-state index contributed by atoms with van der Waals surface area (Å²) in [5.41, 5.74) is 2.17. The molecule has 3 aromatic rings.